The van der Waals surface area contributed by atoms with Crippen LogP contribution in [0.3, 0.4) is 0 Å². The number of aromatic nitrogens is 1. The largest absolute Gasteiger partial charge is 0.388 e. The van der Waals surface area contributed by atoms with Crippen LogP contribution in [0, 0.1) is 5.92 Å². The SMILES string of the molecule is C=c1nccc(N2CCC(C(=O)NCc3cccc(NC)c3)CC2)c1=C. The lowest BCUT2D eigenvalue weighted by molar-refractivity contribution is -0.125. The molecule has 26 heavy (non-hydrogen) atoms. The Kier molecular flexibility index (Phi) is 5.56. The fourth-order valence-electron chi connectivity index (χ4n) is 3.37. The predicted molar refractivity (Wildman–Crippen MR) is 107 cm³/mol. The number of pyridine rings is 1. The summed E-state index contributed by atoms with van der Waals surface area (Å²) in [6.45, 7) is 10.2. The van der Waals surface area contributed by atoms with E-state index in [2.05, 4.69) is 39.7 Å². The van der Waals surface area contributed by atoms with Crippen LogP contribution >= 0.6 is 0 Å². The molecule has 1 saturated heterocycles. The summed E-state index contributed by atoms with van der Waals surface area (Å²) in [5, 5.41) is 7.78. The molecular formula is C21H26N4O. The van der Waals surface area contributed by atoms with Gasteiger partial charge in [-0.25, -0.2) is 0 Å². The molecule has 5 heteroatoms. The van der Waals surface area contributed by atoms with Crippen molar-refractivity contribution >= 4 is 30.4 Å². The van der Waals surface area contributed by atoms with Gasteiger partial charge in [-0.05, 0) is 36.6 Å². The molecule has 3 rings (SSSR count). The topological polar surface area (TPSA) is 57.3 Å². The van der Waals surface area contributed by atoms with E-state index in [1.54, 1.807) is 6.20 Å². The molecule has 0 saturated carbocycles. The molecule has 1 fully saturated rings. The lowest BCUT2D eigenvalue weighted by atomic mass is 9.95. The highest BCUT2D eigenvalue weighted by Gasteiger charge is 2.25. The maximum absolute atomic E-state index is 12.5. The Balaban J connectivity index is 1.54. The first-order chi connectivity index (χ1) is 12.6. The number of nitrogens with zero attached hydrogens (tertiary/aromatic N) is 2. The molecule has 0 spiro atoms. The number of carbonyl (C=O) groups excluding carboxylic acids is 1. The van der Waals surface area contributed by atoms with Gasteiger partial charge in [0.25, 0.3) is 0 Å². The van der Waals surface area contributed by atoms with Gasteiger partial charge in [-0.2, -0.15) is 0 Å². The molecule has 1 aromatic heterocycles. The second-order valence-electron chi connectivity index (χ2n) is 6.68. The van der Waals surface area contributed by atoms with Gasteiger partial charge in [-0.15, -0.1) is 0 Å². The van der Waals surface area contributed by atoms with Crippen molar-refractivity contribution in [1.29, 1.82) is 0 Å². The van der Waals surface area contributed by atoms with Crippen LogP contribution in [-0.2, 0) is 11.3 Å². The van der Waals surface area contributed by atoms with Crippen molar-refractivity contribution in [2.45, 2.75) is 19.4 Å². The highest BCUT2D eigenvalue weighted by molar-refractivity contribution is 5.79. The van der Waals surface area contributed by atoms with Gasteiger partial charge in [0, 0.05) is 55.4 Å². The Labute approximate surface area is 154 Å². The molecule has 1 aliphatic rings. The molecule has 0 aliphatic carbocycles. The Morgan fingerprint density at radius 3 is 2.77 bits per heavy atom. The third kappa shape index (κ3) is 4.04. The van der Waals surface area contributed by atoms with E-state index in [0.717, 1.165) is 48.1 Å². The minimum atomic E-state index is 0.0630. The number of nitrogens with one attached hydrogen (secondary N) is 2. The number of rotatable bonds is 5. The van der Waals surface area contributed by atoms with Gasteiger partial charge < -0.3 is 15.5 Å². The first-order valence-electron chi connectivity index (χ1n) is 9.00. The average Bonchev–Trinajstić information content (AvgIpc) is 2.68. The maximum atomic E-state index is 12.5. The summed E-state index contributed by atoms with van der Waals surface area (Å²) < 4.78 is 0. The molecule has 1 aromatic carbocycles. The molecule has 1 amide bonds. The molecule has 5 nitrogen and oxygen atoms in total. The van der Waals surface area contributed by atoms with Crippen molar-refractivity contribution in [1.82, 2.24) is 10.3 Å². The molecule has 0 unspecified atom stereocenters. The summed E-state index contributed by atoms with van der Waals surface area (Å²) in [6, 6.07) is 10.1. The van der Waals surface area contributed by atoms with E-state index in [4.69, 9.17) is 0 Å². The predicted octanol–water partition coefficient (Wildman–Crippen LogP) is 1.48. The first-order valence-corrected chi connectivity index (χ1v) is 9.00. The standard InChI is InChI=1S/C21H26N4O/c1-15-16(2)23-10-7-20(15)25-11-8-18(9-12-25)21(26)24-14-17-5-4-6-19(13-17)22-3/h4-7,10,13,18,22H,1-2,8-9,11-12,14H2,3H3,(H,24,26). The van der Waals surface area contributed by atoms with E-state index in [0.29, 0.717) is 11.9 Å². The van der Waals surface area contributed by atoms with Crippen LogP contribution in [0.4, 0.5) is 11.4 Å². The number of hydrogen-bond acceptors (Lipinski definition) is 4. The zero-order chi connectivity index (χ0) is 18.5. The highest BCUT2D eigenvalue weighted by atomic mass is 16.1. The van der Waals surface area contributed by atoms with Crippen molar-refractivity contribution in [2.75, 3.05) is 30.4 Å². The minimum absolute atomic E-state index is 0.0630. The Hall–Kier alpha value is -2.82. The Morgan fingerprint density at radius 1 is 1.27 bits per heavy atom. The molecule has 0 bridgehead atoms. The second-order valence-corrected chi connectivity index (χ2v) is 6.68. The summed E-state index contributed by atoms with van der Waals surface area (Å²) in [6.07, 6.45) is 3.46. The summed E-state index contributed by atoms with van der Waals surface area (Å²) >= 11 is 0. The highest BCUT2D eigenvalue weighted by Crippen LogP contribution is 2.21. The second kappa shape index (κ2) is 8.04. The lowest BCUT2D eigenvalue weighted by Gasteiger charge is -2.33. The first kappa shape index (κ1) is 18.0. The van der Waals surface area contributed by atoms with Gasteiger partial charge in [0.2, 0.25) is 5.91 Å². The summed E-state index contributed by atoms with van der Waals surface area (Å²) in [7, 11) is 1.89. The minimum Gasteiger partial charge on any atom is -0.388 e. The van der Waals surface area contributed by atoms with Gasteiger partial charge in [0.15, 0.2) is 0 Å². The van der Waals surface area contributed by atoms with Crippen molar-refractivity contribution in [3.63, 3.8) is 0 Å². The lowest BCUT2D eigenvalue weighted by Crippen LogP contribution is -2.43. The molecule has 2 N–H and O–H groups in total. The van der Waals surface area contributed by atoms with Crippen molar-refractivity contribution in [2.24, 2.45) is 5.92 Å². The molecule has 2 aromatic rings. The number of hydrogen-bond donors (Lipinski definition) is 2. The van der Waals surface area contributed by atoms with Gasteiger partial charge in [-0.1, -0.05) is 25.3 Å². The van der Waals surface area contributed by atoms with E-state index >= 15 is 0 Å². The smallest absolute Gasteiger partial charge is 0.223 e. The summed E-state index contributed by atoms with van der Waals surface area (Å²) in [4.78, 5) is 19.0. The van der Waals surface area contributed by atoms with Gasteiger partial charge >= 0.3 is 0 Å². The Morgan fingerprint density at radius 2 is 2.04 bits per heavy atom. The van der Waals surface area contributed by atoms with Crippen LogP contribution in [0.5, 0.6) is 0 Å². The van der Waals surface area contributed by atoms with E-state index in [1.165, 1.54) is 0 Å². The monoisotopic (exact) mass is 350 g/mol. The average molecular weight is 350 g/mol. The van der Waals surface area contributed by atoms with Crippen molar-refractivity contribution in [3.05, 3.63) is 52.7 Å². The van der Waals surface area contributed by atoms with Gasteiger partial charge in [0.1, 0.15) is 0 Å². The van der Waals surface area contributed by atoms with Crippen LogP contribution in [0.2, 0.25) is 0 Å². The quantitative estimate of drug-likeness (QED) is 0.858. The van der Waals surface area contributed by atoms with E-state index < -0.39 is 0 Å². The van der Waals surface area contributed by atoms with E-state index in [1.807, 2.05) is 31.3 Å². The van der Waals surface area contributed by atoms with E-state index in [-0.39, 0.29) is 11.8 Å². The third-order valence-electron chi connectivity index (χ3n) is 5.01. The number of carbonyl (C=O) groups is 1. The normalized spacial score (nSPS) is 14.9. The molecule has 0 radical (unpaired) electrons. The van der Waals surface area contributed by atoms with Crippen LogP contribution < -0.4 is 26.1 Å². The molecule has 0 atom stereocenters. The van der Waals surface area contributed by atoms with Crippen LogP contribution in [0.15, 0.2) is 36.5 Å². The van der Waals surface area contributed by atoms with Crippen LogP contribution in [-0.4, -0.2) is 31.0 Å². The zero-order valence-corrected chi connectivity index (χ0v) is 15.3. The van der Waals surface area contributed by atoms with E-state index in [9.17, 15) is 4.79 Å². The third-order valence-corrected chi connectivity index (χ3v) is 5.01. The number of benzene rings is 1. The Bertz CT molecular complexity index is 872. The molecular weight excluding hydrogens is 324 g/mol. The fourth-order valence-corrected chi connectivity index (χ4v) is 3.37. The summed E-state index contributed by atoms with van der Waals surface area (Å²) in [5.41, 5.74) is 3.23. The fraction of sp³-hybridized carbons (Fsp3) is 0.333. The molecule has 1 aliphatic heterocycles. The van der Waals surface area contributed by atoms with Crippen molar-refractivity contribution in [3.8, 4) is 0 Å². The van der Waals surface area contributed by atoms with Gasteiger partial charge in [0.05, 0.1) is 5.35 Å². The summed E-state index contributed by atoms with van der Waals surface area (Å²) in [5.74, 6) is 0.204. The molecule has 136 valence electrons. The number of piperidine rings is 1. The molecule has 2 heterocycles. The maximum Gasteiger partial charge on any atom is 0.223 e. The van der Waals surface area contributed by atoms with Gasteiger partial charge in [-0.3, -0.25) is 9.78 Å². The van der Waals surface area contributed by atoms with Crippen molar-refractivity contribution < 1.29 is 4.79 Å². The zero-order valence-electron chi connectivity index (χ0n) is 15.3. The van der Waals surface area contributed by atoms with Crippen LogP contribution in [0.25, 0.3) is 13.2 Å². The van der Waals surface area contributed by atoms with Crippen LogP contribution in [0.1, 0.15) is 18.4 Å². The number of anilines is 2. The number of amides is 1.